The van der Waals surface area contributed by atoms with Crippen molar-refractivity contribution in [3.63, 3.8) is 0 Å². The van der Waals surface area contributed by atoms with Crippen molar-refractivity contribution in [3.8, 4) is 0 Å². The number of hydrogen-bond acceptors (Lipinski definition) is 4. The van der Waals surface area contributed by atoms with Gasteiger partial charge in [0.1, 0.15) is 12.6 Å². The summed E-state index contributed by atoms with van der Waals surface area (Å²) in [6, 6.07) is 30.0. The van der Waals surface area contributed by atoms with E-state index in [4.69, 9.17) is 0 Å². The number of hydrogen-bond donors (Lipinski definition) is 1. The second kappa shape index (κ2) is 14.8. The van der Waals surface area contributed by atoms with Crippen LogP contribution in [-0.4, -0.2) is 44.3 Å². The average Bonchev–Trinajstić information content (AvgIpc) is 3.03. The first kappa shape index (κ1) is 32.5. The Labute approximate surface area is 261 Å². The van der Waals surface area contributed by atoms with Gasteiger partial charge in [0.15, 0.2) is 0 Å². The highest BCUT2D eigenvalue weighted by Gasteiger charge is 2.35. The fraction of sp³-hybridized carbons (Fsp3) is 0.278. The van der Waals surface area contributed by atoms with Crippen LogP contribution in [0.4, 0.5) is 5.69 Å². The summed E-state index contributed by atoms with van der Waals surface area (Å²) < 4.78 is 29.5. The van der Waals surface area contributed by atoms with Crippen LogP contribution in [-0.2, 0) is 32.6 Å². The van der Waals surface area contributed by atoms with Crippen LogP contribution in [0.3, 0.4) is 0 Å². The third kappa shape index (κ3) is 7.94. The molecule has 4 rings (SSSR count). The molecule has 4 aromatic rings. The maximum absolute atomic E-state index is 14.5. The van der Waals surface area contributed by atoms with Crippen molar-refractivity contribution >= 4 is 27.5 Å². The Morgan fingerprint density at radius 2 is 1.41 bits per heavy atom. The van der Waals surface area contributed by atoms with Crippen molar-refractivity contribution in [2.45, 2.75) is 58.0 Å². The first-order valence-corrected chi connectivity index (χ1v) is 16.4. The molecule has 0 aromatic heterocycles. The van der Waals surface area contributed by atoms with E-state index < -0.39 is 28.5 Å². The zero-order chi connectivity index (χ0) is 31.7. The van der Waals surface area contributed by atoms with E-state index in [9.17, 15) is 18.0 Å². The van der Waals surface area contributed by atoms with E-state index in [1.165, 1.54) is 21.3 Å². The lowest BCUT2D eigenvalue weighted by Gasteiger charge is -2.34. The Kier molecular flexibility index (Phi) is 11.0. The molecule has 230 valence electrons. The van der Waals surface area contributed by atoms with Crippen molar-refractivity contribution in [2.24, 2.45) is 0 Å². The fourth-order valence-electron chi connectivity index (χ4n) is 5.05. The molecule has 0 unspecified atom stereocenters. The molecule has 2 amide bonds. The SMILES string of the molecule is CCCNC(=O)[C@H](Cc1ccccc1)N(Cc1ccc(C)cc1)C(=O)CN(c1cccc(C)c1C)S(=O)(=O)c1ccccc1. The molecular formula is C36H41N3O4S. The number of amides is 2. The number of nitrogens with zero attached hydrogens (tertiary/aromatic N) is 2. The van der Waals surface area contributed by atoms with Crippen LogP contribution < -0.4 is 9.62 Å². The second-order valence-corrected chi connectivity index (χ2v) is 12.9. The van der Waals surface area contributed by atoms with E-state index in [-0.39, 0.29) is 23.8 Å². The molecule has 0 aliphatic carbocycles. The molecular weight excluding hydrogens is 570 g/mol. The van der Waals surface area contributed by atoms with Gasteiger partial charge in [0.2, 0.25) is 11.8 Å². The van der Waals surface area contributed by atoms with Crippen molar-refractivity contribution in [2.75, 3.05) is 17.4 Å². The molecule has 4 aromatic carbocycles. The quantitative estimate of drug-likeness (QED) is 0.202. The largest absolute Gasteiger partial charge is 0.354 e. The van der Waals surface area contributed by atoms with E-state index in [0.717, 1.165) is 34.2 Å². The van der Waals surface area contributed by atoms with Crippen molar-refractivity contribution in [1.29, 1.82) is 0 Å². The maximum Gasteiger partial charge on any atom is 0.264 e. The van der Waals surface area contributed by atoms with E-state index in [0.29, 0.717) is 12.2 Å². The van der Waals surface area contributed by atoms with Crippen molar-refractivity contribution < 1.29 is 18.0 Å². The van der Waals surface area contributed by atoms with Crippen LogP contribution in [0.15, 0.2) is 108 Å². The first-order chi connectivity index (χ1) is 21.1. The molecule has 0 aliphatic heterocycles. The van der Waals surface area contributed by atoms with Gasteiger partial charge >= 0.3 is 0 Å². The monoisotopic (exact) mass is 611 g/mol. The minimum Gasteiger partial charge on any atom is -0.354 e. The van der Waals surface area contributed by atoms with E-state index in [2.05, 4.69) is 5.32 Å². The summed E-state index contributed by atoms with van der Waals surface area (Å²) in [6.07, 6.45) is 1.02. The van der Waals surface area contributed by atoms with E-state index in [1.54, 1.807) is 30.3 Å². The van der Waals surface area contributed by atoms with Gasteiger partial charge in [-0.2, -0.15) is 0 Å². The molecule has 0 heterocycles. The Morgan fingerprint density at radius 1 is 0.773 bits per heavy atom. The molecule has 44 heavy (non-hydrogen) atoms. The van der Waals surface area contributed by atoms with Gasteiger partial charge in [-0.15, -0.1) is 0 Å². The predicted molar refractivity (Wildman–Crippen MR) is 176 cm³/mol. The van der Waals surface area contributed by atoms with Gasteiger partial charge in [-0.25, -0.2) is 8.42 Å². The van der Waals surface area contributed by atoms with Crippen LogP contribution >= 0.6 is 0 Å². The van der Waals surface area contributed by atoms with Gasteiger partial charge in [-0.05, 0) is 67.6 Å². The molecule has 0 fully saturated rings. The zero-order valence-electron chi connectivity index (χ0n) is 25.9. The summed E-state index contributed by atoms with van der Waals surface area (Å²) in [5.41, 5.74) is 4.89. The van der Waals surface area contributed by atoms with Gasteiger partial charge in [-0.1, -0.05) is 97.4 Å². The van der Waals surface area contributed by atoms with Crippen LogP contribution in [0, 0.1) is 20.8 Å². The number of rotatable bonds is 13. The summed E-state index contributed by atoms with van der Waals surface area (Å²) in [7, 11) is -4.13. The number of aryl methyl sites for hydroxylation is 2. The smallest absolute Gasteiger partial charge is 0.264 e. The molecule has 1 N–H and O–H groups in total. The fourth-order valence-corrected chi connectivity index (χ4v) is 6.54. The topological polar surface area (TPSA) is 86.8 Å². The summed E-state index contributed by atoms with van der Waals surface area (Å²) in [5.74, 6) is -0.751. The number of sulfonamides is 1. The Bertz CT molecular complexity index is 1660. The molecule has 0 saturated heterocycles. The minimum absolute atomic E-state index is 0.0836. The van der Waals surface area contributed by atoms with E-state index >= 15 is 0 Å². The Balaban J connectivity index is 1.81. The normalized spacial score (nSPS) is 11.9. The average molecular weight is 612 g/mol. The summed E-state index contributed by atoms with van der Waals surface area (Å²) in [6.45, 7) is 7.85. The lowest BCUT2D eigenvalue weighted by atomic mass is 10.0. The first-order valence-electron chi connectivity index (χ1n) is 14.9. The number of carbonyl (C=O) groups is 2. The van der Waals surface area contributed by atoms with E-state index in [1.807, 2.05) is 88.4 Å². The highest BCUT2D eigenvalue weighted by Crippen LogP contribution is 2.29. The van der Waals surface area contributed by atoms with Crippen LogP contribution in [0.5, 0.6) is 0 Å². The molecule has 0 saturated carbocycles. The number of benzene rings is 4. The van der Waals surface area contributed by atoms with Gasteiger partial charge in [0, 0.05) is 19.5 Å². The molecule has 8 heteroatoms. The van der Waals surface area contributed by atoms with Crippen LogP contribution in [0.2, 0.25) is 0 Å². The van der Waals surface area contributed by atoms with Crippen LogP contribution in [0.1, 0.15) is 41.2 Å². The van der Waals surface area contributed by atoms with Crippen LogP contribution in [0.25, 0.3) is 0 Å². The number of nitrogens with one attached hydrogen (secondary N) is 1. The summed E-state index contributed by atoms with van der Waals surface area (Å²) in [5, 5.41) is 2.98. The van der Waals surface area contributed by atoms with Crippen molar-refractivity contribution in [3.05, 3.63) is 131 Å². The highest BCUT2D eigenvalue weighted by molar-refractivity contribution is 7.92. The maximum atomic E-state index is 14.5. The highest BCUT2D eigenvalue weighted by atomic mass is 32.2. The lowest BCUT2D eigenvalue weighted by molar-refractivity contribution is -0.140. The summed E-state index contributed by atoms with van der Waals surface area (Å²) in [4.78, 5) is 29.9. The molecule has 0 bridgehead atoms. The molecule has 7 nitrogen and oxygen atoms in total. The third-order valence-corrected chi connectivity index (χ3v) is 9.52. The van der Waals surface area contributed by atoms with Gasteiger partial charge < -0.3 is 10.2 Å². The molecule has 0 spiro atoms. The van der Waals surface area contributed by atoms with Gasteiger partial charge in [0.05, 0.1) is 10.6 Å². The predicted octanol–water partition coefficient (Wildman–Crippen LogP) is 5.97. The molecule has 1 atom stereocenters. The summed E-state index contributed by atoms with van der Waals surface area (Å²) >= 11 is 0. The number of carbonyl (C=O) groups excluding carboxylic acids is 2. The Hall–Kier alpha value is -4.43. The van der Waals surface area contributed by atoms with Gasteiger partial charge in [-0.3, -0.25) is 13.9 Å². The van der Waals surface area contributed by atoms with Crippen molar-refractivity contribution in [1.82, 2.24) is 10.2 Å². The number of anilines is 1. The minimum atomic E-state index is -4.13. The van der Waals surface area contributed by atoms with Gasteiger partial charge in [0.25, 0.3) is 10.0 Å². The third-order valence-electron chi connectivity index (χ3n) is 7.75. The standard InChI is InChI=1S/C36H41N3O4S/c1-5-23-37-36(41)34(24-30-14-8-6-9-15-30)38(25-31-21-19-27(2)20-22-31)35(40)26-39(33-18-12-13-28(3)29(33)4)44(42,43)32-16-10-7-11-17-32/h6-22,34H,5,23-26H2,1-4H3,(H,37,41)/t34-/m0/s1. The molecule has 0 radical (unpaired) electrons. The lowest BCUT2D eigenvalue weighted by Crippen LogP contribution is -2.53. The second-order valence-electron chi connectivity index (χ2n) is 11.0. The zero-order valence-corrected chi connectivity index (χ0v) is 26.7. The Morgan fingerprint density at radius 3 is 2.05 bits per heavy atom. The molecule has 0 aliphatic rings.